The lowest BCUT2D eigenvalue weighted by molar-refractivity contribution is -0.105. The van der Waals surface area contributed by atoms with Gasteiger partial charge in [-0.1, -0.05) is 110 Å². The van der Waals surface area contributed by atoms with Crippen molar-refractivity contribution in [3.63, 3.8) is 0 Å². The molecule has 4 rings (SSSR count). The third-order valence-corrected chi connectivity index (χ3v) is 31.5. The average molecular weight is 1090 g/mol. The molecule has 4 unspecified atom stereocenters. The van der Waals surface area contributed by atoms with Crippen LogP contribution in [0.3, 0.4) is 0 Å². The van der Waals surface area contributed by atoms with E-state index in [-0.39, 0.29) is 42.7 Å². The fourth-order valence-electron chi connectivity index (χ4n) is 5.62. The summed E-state index contributed by atoms with van der Waals surface area (Å²) in [5.74, 6) is 0. The molecule has 4 fully saturated rings. The van der Waals surface area contributed by atoms with Crippen molar-refractivity contribution in [2.75, 3.05) is 106 Å². The van der Waals surface area contributed by atoms with Crippen molar-refractivity contribution in [1.29, 1.82) is 0 Å². The maximum Gasteiger partial charge on any atom is 0.392 e. The molecule has 0 aromatic rings. The maximum absolute atomic E-state index is 6.57. The molecular weight excluding hydrogens is 1020 g/mol. The van der Waals surface area contributed by atoms with E-state index in [2.05, 4.69) is 83.1 Å². The van der Waals surface area contributed by atoms with Gasteiger partial charge in [-0.25, -0.2) is 0 Å². The molecule has 4 heterocycles. The van der Waals surface area contributed by atoms with E-state index in [0.29, 0.717) is 106 Å². The van der Waals surface area contributed by atoms with Gasteiger partial charge in [0.05, 0.1) is 127 Å². The summed E-state index contributed by atoms with van der Waals surface area (Å²) >= 11 is 28.7. The van der Waals surface area contributed by atoms with Crippen molar-refractivity contribution in [2.45, 2.75) is 104 Å². The Labute approximate surface area is 405 Å². The minimum Gasteiger partial charge on any atom is -0.379 e. The normalized spacial score (nSPS) is 27.9. The van der Waals surface area contributed by atoms with E-state index in [4.69, 9.17) is 103 Å². The van der Waals surface area contributed by atoms with Crippen molar-refractivity contribution < 1.29 is 55.1 Å². The molecule has 0 amide bonds. The number of hydrogen-bond donors (Lipinski definition) is 1. The highest BCUT2D eigenvalue weighted by atomic mass is 33.1. The molecule has 0 N–H and O–H groups in total. The van der Waals surface area contributed by atoms with Gasteiger partial charge in [0.2, 0.25) is 17.1 Å². The Kier molecular flexibility index (Phi) is 22.7. The van der Waals surface area contributed by atoms with Crippen LogP contribution < -0.4 is 0 Å². The summed E-state index contributed by atoms with van der Waals surface area (Å²) < 4.78 is 75.3. The molecule has 0 radical (unpaired) electrons. The highest BCUT2D eigenvalue weighted by Gasteiger charge is 2.50. The Morgan fingerprint density at radius 1 is 0.492 bits per heavy atom. The highest BCUT2D eigenvalue weighted by molar-refractivity contribution is 8.87. The molecule has 4 saturated heterocycles. The second-order valence-electron chi connectivity index (χ2n) is 19.9. The number of rotatable bonds is 24. The summed E-state index contributed by atoms with van der Waals surface area (Å²) in [6, 6.07) is 0. The molecule has 0 aliphatic carbocycles. The Bertz CT molecular complexity index is 1360. The second kappa shape index (κ2) is 24.2. The molecular formula is C37H73O12P4S8+. The monoisotopic (exact) mass is 1090 g/mol. The minimum absolute atomic E-state index is 0.0214. The van der Waals surface area contributed by atoms with Gasteiger partial charge in [-0.3, -0.25) is 0 Å². The third-order valence-electron chi connectivity index (χ3n) is 9.20. The Hall–Kier alpha value is 3.65. The summed E-state index contributed by atoms with van der Waals surface area (Å²) in [6.07, 6.45) is -2.38. The first-order valence-corrected chi connectivity index (χ1v) is 37.3. The van der Waals surface area contributed by atoms with Crippen LogP contribution in [0.1, 0.15) is 83.1 Å². The van der Waals surface area contributed by atoms with Gasteiger partial charge in [0.25, 0.3) is 0 Å². The van der Waals surface area contributed by atoms with E-state index in [0.717, 1.165) is 0 Å². The van der Waals surface area contributed by atoms with Gasteiger partial charge in [-0.05, 0) is 42.3 Å². The minimum atomic E-state index is -2.49. The van der Waals surface area contributed by atoms with E-state index in [9.17, 15) is 0 Å². The highest BCUT2D eigenvalue weighted by Crippen LogP contribution is 2.79. The van der Waals surface area contributed by atoms with E-state index in [1.807, 2.05) is 0 Å². The Morgan fingerprint density at radius 3 is 1.02 bits per heavy atom. The molecule has 4 aliphatic rings. The number of thiol groups is 1. The third kappa shape index (κ3) is 20.9. The quantitative estimate of drug-likeness (QED) is 0.0730. The van der Waals surface area contributed by atoms with Gasteiger partial charge < -0.3 is 46.1 Å². The van der Waals surface area contributed by atoms with Crippen LogP contribution in [0.2, 0.25) is 0 Å². The molecule has 0 bridgehead atoms. The fourth-order valence-corrected chi connectivity index (χ4v) is 28.4. The molecule has 360 valence electrons. The number of ether oxygens (including phenoxy) is 4. The second-order valence-corrected chi connectivity index (χ2v) is 46.7. The SMILES string of the molecule is CC(COCC(COCC(C)SP1(=S)OCC(C)(C)CO1)(COCC(C)SP1(=S)OCC(C)(C)CO1)COCC(C)S[P+]1(S)OCC(C)(C)CO1)SP1(=S)OCC(C)(C)CO1. The molecule has 0 aromatic heterocycles. The van der Waals surface area contributed by atoms with Crippen molar-refractivity contribution in [2.24, 2.45) is 27.1 Å². The lowest BCUT2D eigenvalue weighted by Crippen LogP contribution is -2.43. The summed E-state index contributed by atoms with van der Waals surface area (Å²) in [7, 11) is 0. The summed E-state index contributed by atoms with van der Waals surface area (Å²) in [5.41, 5.74) is -8.38. The van der Waals surface area contributed by atoms with Crippen LogP contribution in [0, 0.1) is 27.1 Å². The maximum atomic E-state index is 6.57. The van der Waals surface area contributed by atoms with Crippen LogP contribution in [0.4, 0.5) is 0 Å². The zero-order valence-corrected chi connectivity index (χ0v) is 48.3. The topological polar surface area (TPSA) is 111 Å². The Balaban J connectivity index is 1.45. The molecule has 12 nitrogen and oxygen atoms in total. The van der Waals surface area contributed by atoms with Crippen LogP contribution in [0.5, 0.6) is 0 Å². The van der Waals surface area contributed by atoms with Crippen molar-refractivity contribution in [1.82, 2.24) is 0 Å². The van der Waals surface area contributed by atoms with Crippen LogP contribution in [0.25, 0.3) is 0 Å². The molecule has 0 aromatic carbocycles. The zero-order valence-electron chi connectivity index (χ0n) is 38.1. The van der Waals surface area contributed by atoms with Crippen LogP contribution >= 0.6 is 81.0 Å². The van der Waals surface area contributed by atoms with Gasteiger partial charge in [0.15, 0.2) is 0 Å². The molecule has 0 spiro atoms. The first-order valence-electron chi connectivity index (χ1n) is 20.7. The summed E-state index contributed by atoms with van der Waals surface area (Å²) in [4.78, 5) is 0. The van der Waals surface area contributed by atoms with E-state index >= 15 is 0 Å². The summed E-state index contributed by atoms with van der Waals surface area (Å²) in [5, 5.41) is 0.110. The number of hydrogen-bond acceptors (Lipinski definition) is 20. The predicted octanol–water partition coefficient (Wildman–Crippen LogP) is 12.1. The molecule has 4 aliphatic heterocycles. The molecule has 0 saturated carbocycles. The van der Waals surface area contributed by atoms with Crippen LogP contribution in [-0.4, -0.2) is 127 Å². The molecule has 4 atom stereocenters. The predicted molar refractivity (Wildman–Crippen MR) is 275 cm³/mol. The molecule has 61 heavy (non-hydrogen) atoms. The fraction of sp³-hybridized carbons (Fsp3) is 1.00. The van der Waals surface area contributed by atoms with Gasteiger partial charge in [0, 0.05) is 37.4 Å². The van der Waals surface area contributed by atoms with Gasteiger partial charge in [0.1, 0.15) is 13.2 Å². The van der Waals surface area contributed by atoms with E-state index in [1.165, 1.54) is 0 Å². The van der Waals surface area contributed by atoms with Gasteiger partial charge >= 0.3 is 6.12 Å². The smallest absolute Gasteiger partial charge is 0.379 e. The average Bonchev–Trinajstić information content (AvgIpc) is 3.14. The van der Waals surface area contributed by atoms with Crippen LogP contribution in [0.15, 0.2) is 0 Å². The molecule has 24 heteroatoms. The Morgan fingerprint density at radius 2 is 0.738 bits per heavy atom. The standard InChI is InChI=1S/C37H73O12P4S8/c1-29(58-50(54)42-17-33(5,6)18-43-50)13-38-25-37(26-39-14-30(2)59-51(55)44-19-34(7,8)20-45-51,27-40-15-31(3)60-52(56)46-21-35(9,10)22-47-52)28-41-16-32(4)61-53(57)48-23-36(11,12)24-49-53/h29-32,54H,13-28H2,1-12H3/q+1. The van der Waals surface area contributed by atoms with Crippen LogP contribution in [-0.2, 0) is 90.6 Å². The van der Waals surface area contributed by atoms with Crippen molar-refractivity contribution in [3.05, 3.63) is 0 Å². The van der Waals surface area contributed by atoms with Crippen molar-refractivity contribution >= 4 is 116 Å². The zero-order chi connectivity index (χ0) is 45.4. The van der Waals surface area contributed by atoms with Gasteiger partial charge in [-0.15, -0.1) is 0 Å². The lowest BCUT2D eigenvalue weighted by atomic mass is 9.92. The first-order chi connectivity index (χ1) is 28.1. The van der Waals surface area contributed by atoms with Crippen molar-refractivity contribution in [3.8, 4) is 0 Å². The van der Waals surface area contributed by atoms with E-state index < -0.39 is 28.6 Å². The van der Waals surface area contributed by atoms with E-state index in [1.54, 1.807) is 45.5 Å². The first kappa shape index (κ1) is 57.2. The lowest BCUT2D eigenvalue weighted by Gasteiger charge is -2.38. The largest absolute Gasteiger partial charge is 0.392 e. The summed E-state index contributed by atoms with van der Waals surface area (Å²) in [6.45, 7) is 32.9. The van der Waals surface area contributed by atoms with Gasteiger partial charge in [-0.2, -0.15) is 9.05 Å².